The van der Waals surface area contributed by atoms with Crippen LogP contribution in [-0.2, 0) is 6.61 Å². The lowest BCUT2D eigenvalue weighted by molar-refractivity contribution is -0.274. The first-order valence-corrected chi connectivity index (χ1v) is 5.54. The first-order chi connectivity index (χ1) is 9.39. The van der Waals surface area contributed by atoms with Crippen LogP contribution in [0.1, 0.15) is 5.69 Å². The topological polar surface area (TPSA) is 62.6 Å². The summed E-state index contributed by atoms with van der Waals surface area (Å²) in [6.45, 7) is -0.398. The second-order valence-electron chi connectivity index (χ2n) is 3.92. The van der Waals surface area contributed by atoms with Crippen molar-refractivity contribution >= 4 is 0 Å². The fourth-order valence-corrected chi connectivity index (χ4v) is 1.61. The maximum Gasteiger partial charge on any atom is 0.573 e. The molecule has 1 aromatic carbocycles. The number of nitrogens with zero attached hydrogens (tertiary/aromatic N) is 1. The number of aromatic hydroxyl groups is 1. The second-order valence-corrected chi connectivity index (χ2v) is 3.92. The molecule has 20 heavy (non-hydrogen) atoms. The summed E-state index contributed by atoms with van der Waals surface area (Å²) >= 11 is 0. The van der Waals surface area contributed by atoms with E-state index in [1.807, 2.05) is 0 Å². The van der Waals surface area contributed by atoms with Crippen molar-refractivity contribution in [2.45, 2.75) is 13.0 Å². The summed E-state index contributed by atoms with van der Waals surface area (Å²) in [6.07, 6.45) is -3.32. The summed E-state index contributed by atoms with van der Waals surface area (Å²) in [6, 6.07) is 6.53. The Labute approximate surface area is 112 Å². The molecule has 106 valence electrons. The number of hydrogen-bond acceptors (Lipinski definition) is 4. The Morgan fingerprint density at radius 2 is 1.75 bits per heavy atom. The van der Waals surface area contributed by atoms with E-state index in [4.69, 9.17) is 5.11 Å². The van der Waals surface area contributed by atoms with E-state index < -0.39 is 13.0 Å². The lowest BCUT2D eigenvalue weighted by atomic mass is 10.1. The van der Waals surface area contributed by atoms with Gasteiger partial charge in [-0.05, 0) is 23.8 Å². The summed E-state index contributed by atoms with van der Waals surface area (Å²) < 4.78 is 39.8. The molecule has 0 saturated heterocycles. The van der Waals surface area contributed by atoms with Crippen molar-refractivity contribution in [3.63, 3.8) is 0 Å². The van der Waals surface area contributed by atoms with E-state index in [0.29, 0.717) is 11.1 Å². The zero-order chi connectivity index (χ0) is 14.8. The Balaban J connectivity index is 2.24. The van der Waals surface area contributed by atoms with Crippen molar-refractivity contribution < 1.29 is 28.1 Å². The third-order valence-corrected chi connectivity index (χ3v) is 2.52. The van der Waals surface area contributed by atoms with Gasteiger partial charge < -0.3 is 14.9 Å². The molecule has 2 aromatic rings. The molecule has 0 aliphatic carbocycles. The molecule has 4 nitrogen and oxygen atoms in total. The third-order valence-electron chi connectivity index (χ3n) is 2.52. The van der Waals surface area contributed by atoms with Gasteiger partial charge in [-0.2, -0.15) is 0 Å². The number of halogens is 3. The molecule has 1 aromatic heterocycles. The Morgan fingerprint density at radius 3 is 2.25 bits per heavy atom. The van der Waals surface area contributed by atoms with Crippen molar-refractivity contribution in [1.29, 1.82) is 0 Å². The van der Waals surface area contributed by atoms with Crippen molar-refractivity contribution in [3.8, 4) is 22.6 Å². The number of aliphatic hydroxyl groups excluding tert-OH is 1. The van der Waals surface area contributed by atoms with Crippen molar-refractivity contribution in [2.24, 2.45) is 0 Å². The van der Waals surface area contributed by atoms with Gasteiger partial charge in [0.1, 0.15) is 17.2 Å². The Hall–Kier alpha value is -2.28. The molecule has 0 aliphatic heterocycles. The third kappa shape index (κ3) is 3.39. The lowest BCUT2D eigenvalue weighted by Gasteiger charge is -2.09. The molecule has 0 radical (unpaired) electrons. The Bertz CT molecular complexity index is 597. The van der Waals surface area contributed by atoms with Gasteiger partial charge in [0.15, 0.2) is 0 Å². The summed E-state index contributed by atoms with van der Waals surface area (Å²) in [5.41, 5.74) is 1.20. The SMILES string of the molecule is OCc1ncc(-c2ccc(OC(F)(F)F)cc2)cc1O. The smallest absolute Gasteiger partial charge is 0.506 e. The number of alkyl halides is 3. The minimum Gasteiger partial charge on any atom is -0.506 e. The van der Waals surface area contributed by atoms with Gasteiger partial charge in [-0.3, -0.25) is 4.98 Å². The van der Waals surface area contributed by atoms with Crippen molar-refractivity contribution in [3.05, 3.63) is 42.2 Å². The van der Waals surface area contributed by atoms with Crippen molar-refractivity contribution in [1.82, 2.24) is 4.98 Å². The summed E-state index contributed by atoms with van der Waals surface area (Å²) in [4.78, 5) is 3.84. The zero-order valence-corrected chi connectivity index (χ0v) is 10.1. The predicted molar refractivity (Wildman–Crippen MR) is 63.9 cm³/mol. The van der Waals surface area contributed by atoms with Crippen LogP contribution in [0.25, 0.3) is 11.1 Å². The van der Waals surface area contributed by atoms with Gasteiger partial charge in [0.25, 0.3) is 0 Å². The average molecular weight is 285 g/mol. The molecular formula is C13H10F3NO3. The molecule has 0 unspecified atom stereocenters. The van der Waals surface area contributed by atoms with E-state index in [2.05, 4.69) is 9.72 Å². The van der Waals surface area contributed by atoms with E-state index in [9.17, 15) is 18.3 Å². The average Bonchev–Trinajstić information content (AvgIpc) is 2.37. The Morgan fingerprint density at radius 1 is 1.10 bits per heavy atom. The van der Waals surface area contributed by atoms with Crippen LogP contribution >= 0.6 is 0 Å². The molecule has 1 heterocycles. The maximum absolute atomic E-state index is 12.0. The highest BCUT2D eigenvalue weighted by Crippen LogP contribution is 2.28. The number of aromatic nitrogens is 1. The maximum atomic E-state index is 12.0. The normalized spacial score (nSPS) is 11.4. The van der Waals surface area contributed by atoms with Gasteiger partial charge in [0.05, 0.1) is 6.61 Å². The minimum absolute atomic E-state index is 0.130. The number of aliphatic hydroxyl groups is 1. The molecule has 2 N–H and O–H groups in total. The quantitative estimate of drug-likeness (QED) is 0.910. The van der Waals surface area contributed by atoms with Crippen LogP contribution < -0.4 is 4.74 Å². The van der Waals surface area contributed by atoms with E-state index in [-0.39, 0.29) is 17.2 Å². The number of rotatable bonds is 3. The minimum atomic E-state index is -4.73. The van der Waals surface area contributed by atoms with Crippen LogP contribution in [0.15, 0.2) is 36.5 Å². The van der Waals surface area contributed by atoms with Crippen LogP contribution in [0.2, 0.25) is 0 Å². The monoisotopic (exact) mass is 285 g/mol. The molecule has 2 rings (SSSR count). The van der Waals surface area contributed by atoms with Gasteiger partial charge in [-0.15, -0.1) is 13.2 Å². The van der Waals surface area contributed by atoms with Crippen LogP contribution in [0.5, 0.6) is 11.5 Å². The lowest BCUT2D eigenvalue weighted by Crippen LogP contribution is -2.16. The fourth-order valence-electron chi connectivity index (χ4n) is 1.61. The molecule has 0 fully saturated rings. The molecule has 0 saturated carbocycles. The van der Waals surface area contributed by atoms with Crippen LogP contribution in [0.4, 0.5) is 13.2 Å². The highest BCUT2D eigenvalue weighted by atomic mass is 19.4. The number of ether oxygens (including phenoxy) is 1. The van der Waals surface area contributed by atoms with Crippen LogP contribution in [-0.4, -0.2) is 21.6 Å². The molecule has 0 spiro atoms. The second kappa shape index (κ2) is 5.38. The first kappa shape index (κ1) is 14.1. The molecule has 0 atom stereocenters. The van der Waals surface area contributed by atoms with E-state index in [1.165, 1.54) is 36.5 Å². The number of benzene rings is 1. The highest BCUT2D eigenvalue weighted by molar-refractivity contribution is 5.65. The molecule has 0 aliphatic rings. The van der Waals surface area contributed by atoms with Crippen molar-refractivity contribution in [2.75, 3.05) is 0 Å². The summed E-state index contributed by atoms with van der Waals surface area (Å²) in [7, 11) is 0. The molecule has 0 bridgehead atoms. The predicted octanol–water partition coefficient (Wildman–Crippen LogP) is 2.85. The van der Waals surface area contributed by atoms with E-state index >= 15 is 0 Å². The van der Waals surface area contributed by atoms with E-state index in [0.717, 1.165) is 0 Å². The zero-order valence-electron chi connectivity index (χ0n) is 10.1. The van der Waals surface area contributed by atoms with Gasteiger partial charge in [0.2, 0.25) is 0 Å². The van der Waals surface area contributed by atoms with Gasteiger partial charge >= 0.3 is 6.36 Å². The number of hydrogen-bond donors (Lipinski definition) is 2. The fraction of sp³-hybridized carbons (Fsp3) is 0.154. The molecular weight excluding hydrogens is 275 g/mol. The standard InChI is InChI=1S/C13H10F3NO3/c14-13(15,16)20-10-3-1-8(2-4-10)9-5-12(19)11(7-18)17-6-9/h1-6,18-19H,7H2. The largest absolute Gasteiger partial charge is 0.573 e. The summed E-state index contributed by atoms with van der Waals surface area (Å²) in [5, 5.41) is 18.4. The van der Waals surface area contributed by atoms with E-state index in [1.54, 1.807) is 0 Å². The van der Waals surface area contributed by atoms with Crippen LogP contribution in [0, 0.1) is 0 Å². The van der Waals surface area contributed by atoms with Gasteiger partial charge in [0, 0.05) is 11.8 Å². The molecule has 7 heteroatoms. The number of pyridine rings is 1. The molecule has 0 amide bonds. The Kier molecular flexibility index (Phi) is 3.80. The van der Waals surface area contributed by atoms with Gasteiger partial charge in [-0.1, -0.05) is 12.1 Å². The summed E-state index contributed by atoms with van der Waals surface area (Å²) in [5.74, 6) is -0.508. The highest BCUT2D eigenvalue weighted by Gasteiger charge is 2.30. The first-order valence-electron chi connectivity index (χ1n) is 5.54. The van der Waals surface area contributed by atoms with Gasteiger partial charge in [-0.25, -0.2) is 0 Å². The van der Waals surface area contributed by atoms with Crippen LogP contribution in [0.3, 0.4) is 0 Å².